The normalized spacial score (nSPS) is 18.8. The molecular formula is C20H27ClN4O. The fraction of sp³-hybridized carbons (Fsp3) is 0.500. The highest BCUT2D eigenvalue weighted by Crippen LogP contribution is 2.27. The van der Waals surface area contributed by atoms with Gasteiger partial charge in [0.1, 0.15) is 0 Å². The van der Waals surface area contributed by atoms with E-state index in [4.69, 9.17) is 11.6 Å². The van der Waals surface area contributed by atoms with Crippen molar-refractivity contribution in [2.75, 3.05) is 19.6 Å². The molecule has 140 valence electrons. The van der Waals surface area contributed by atoms with Crippen LogP contribution in [0, 0.1) is 5.92 Å². The summed E-state index contributed by atoms with van der Waals surface area (Å²) in [6, 6.07) is 7.64. The van der Waals surface area contributed by atoms with Crippen LogP contribution in [0.15, 0.2) is 30.5 Å². The maximum atomic E-state index is 12.7. The predicted octanol–water partition coefficient (Wildman–Crippen LogP) is 3.43. The van der Waals surface area contributed by atoms with Crippen LogP contribution in [0.4, 0.5) is 0 Å². The van der Waals surface area contributed by atoms with Gasteiger partial charge in [-0.2, -0.15) is 5.10 Å². The summed E-state index contributed by atoms with van der Waals surface area (Å²) in [5.74, 6) is 0.712. The average Bonchev–Trinajstić information content (AvgIpc) is 2.95. The number of rotatable bonds is 5. The molecule has 6 heteroatoms. The van der Waals surface area contributed by atoms with Gasteiger partial charge in [0.05, 0.1) is 11.7 Å². The molecule has 0 N–H and O–H groups in total. The molecule has 1 aromatic heterocycles. The number of benzene rings is 1. The second-order valence-corrected chi connectivity index (χ2v) is 7.95. The maximum absolute atomic E-state index is 12.7. The van der Waals surface area contributed by atoms with Gasteiger partial charge in [-0.25, -0.2) is 0 Å². The Morgan fingerprint density at radius 2 is 2.08 bits per heavy atom. The van der Waals surface area contributed by atoms with Crippen LogP contribution >= 0.6 is 11.6 Å². The van der Waals surface area contributed by atoms with Crippen LogP contribution in [-0.2, 0) is 18.4 Å². The number of hydrogen-bond donors (Lipinski definition) is 0. The Bertz CT molecular complexity index is 786. The van der Waals surface area contributed by atoms with E-state index in [-0.39, 0.29) is 11.9 Å². The first kappa shape index (κ1) is 18.9. The highest BCUT2D eigenvalue weighted by Gasteiger charge is 2.32. The average molecular weight is 375 g/mol. The summed E-state index contributed by atoms with van der Waals surface area (Å²) < 4.78 is 1.83. The van der Waals surface area contributed by atoms with Crippen LogP contribution in [0.5, 0.6) is 0 Å². The Kier molecular flexibility index (Phi) is 5.68. The fourth-order valence-electron chi connectivity index (χ4n) is 3.56. The Morgan fingerprint density at radius 3 is 2.77 bits per heavy atom. The van der Waals surface area contributed by atoms with E-state index < -0.39 is 0 Å². The van der Waals surface area contributed by atoms with E-state index in [0.29, 0.717) is 17.5 Å². The molecule has 0 radical (unpaired) electrons. The Balaban J connectivity index is 1.79. The largest absolute Gasteiger partial charge is 0.340 e. The van der Waals surface area contributed by atoms with Gasteiger partial charge in [0.25, 0.3) is 0 Å². The molecule has 1 aliphatic heterocycles. The maximum Gasteiger partial charge on any atom is 0.239 e. The summed E-state index contributed by atoms with van der Waals surface area (Å²) >= 11 is 6.15. The Labute approximate surface area is 160 Å². The van der Waals surface area contributed by atoms with Crippen LogP contribution in [0.25, 0.3) is 11.3 Å². The van der Waals surface area contributed by atoms with E-state index in [1.807, 2.05) is 54.0 Å². The highest BCUT2D eigenvalue weighted by molar-refractivity contribution is 6.30. The predicted molar refractivity (Wildman–Crippen MR) is 105 cm³/mol. The second-order valence-electron chi connectivity index (χ2n) is 7.51. The zero-order valence-electron chi connectivity index (χ0n) is 15.9. The summed E-state index contributed by atoms with van der Waals surface area (Å²) in [5, 5.41) is 5.32. The van der Waals surface area contributed by atoms with Gasteiger partial charge in [-0.05, 0) is 25.0 Å². The number of carbonyl (C=O) groups is 1. The molecule has 0 unspecified atom stereocenters. The second kappa shape index (κ2) is 7.80. The first-order chi connectivity index (χ1) is 12.3. The standard InChI is InChI=1S/C20H27ClN4O/c1-14(2)11-25-9-8-24(15(3)20(25)26)13-17-12-23(4)22-19(17)16-6-5-7-18(21)10-16/h5-7,10,12,14-15H,8-9,11,13H2,1-4H3/t15-/m0/s1. The van der Waals surface area contributed by atoms with Gasteiger partial charge >= 0.3 is 0 Å². The van der Waals surface area contributed by atoms with Crippen LogP contribution in [-0.4, -0.2) is 51.2 Å². The van der Waals surface area contributed by atoms with Crippen molar-refractivity contribution in [3.63, 3.8) is 0 Å². The molecule has 1 saturated heterocycles. The molecule has 3 rings (SSSR count). The lowest BCUT2D eigenvalue weighted by atomic mass is 10.1. The number of nitrogens with zero attached hydrogens (tertiary/aromatic N) is 4. The van der Waals surface area contributed by atoms with Crippen LogP contribution in [0.2, 0.25) is 5.02 Å². The number of hydrogen-bond acceptors (Lipinski definition) is 3. The third kappa shape index (κ3) is 4.10. The minimum absolute atomic E-state index is 0.116. The minimum atomic E-state index is -0.116. The minimum Gasteiger partial charge on any atom is -0.340 e. The van der Waals surface area contributed by atoms with Gasteiger partial charge in [0.15, 0.2) is 0 Å². The van der Waals surface area contributed by atoms with Gasteiger partial charge in [0, 0.05) is 55.6 Å². The molecule has 0 saturated carbocycles. The van der Waals surface area contributed by atoms with E-state index in [0.717, 1.165) is 36.5 Å². The van der Waals surface area contributed by atoms with Crippen molar-refractivity contribution in [2.24, 2.45) is 13.0 Å². The molecule has 2 aromatic rings. The molecule has 0 spiro atoms. The summed E-state index contributed by atoms with van der Waals surface area (Å²) in [4.78, 5) is 16.9. The van der Waals surface area contributed by atoms with Gasteiger partial charge in [-0.15, -0.1) is 0 Å². The van der Waals surface area contributed by atoms with E-state index in [9.17, 15) is 4.79 Å². The zero-order valence-corrected chi connectivity index (χ0v) is 16.7. The third-order valence-corrected chi connectivity index (χ3v) is 5.07. The van der Waals surface area contributed by atoms with Gasteiger partial charge < -0.3 is 4.90 Å². The van der Waals surface area contributed by atoms with Crippen molar-refractivity contribution < 1.29 is 4.79 Å². The molecule has 26 heavy (non-hydrogen) atoms. The van der Waals surface area contributed by atoms with Gasteiger partial charge in [-0.1, -0.05) is 37.6 Å². The molecule has 1 aromatic carbocycles. The van der Waals surface area contributed by atoms with Crippen LogP contribution in [0.1, 0.15) is 26.3 Å². The number of halogens is 1. The Morgan fingerprint density at radius 1 is 1.31 bits per heavy atom. The summed E-state index contributed by atoms with van der Waals surface area (Å²) in [5.41, 5.74) is 3.05. The van der Waals surface area contributed by atoms with Crippen molar-refractivity contribution in [1.29, 1.82) is 0 Å². The number of aryl methyl sites for hydroxylation is 1. The van der Waals surface area contributed by atoms with Crippen LogP contribution in [0.3, 0.4) is 0 Å². The van der Waals surface area contributed by atoms with Crippen molar-refractivity contribution in [3.05, 3.63) is 41.0 Å². The molecule has 1 fully saturated rings. The fourth-order valence-corrected chi connectivity index (χ4v) is 3.75. The zero-order chi connectivity index (χ0) is 18.8. The lowest BCUT2D eigenvalue weighted by Crippen LogP contribution is -2.56. The van der Waals surface area contributed by atoms with Gasteiger partial charge in [0.2, 0.25) is 5.91 Å². The quantitative estimate of drug-likeness (QED) is 0.805. The van der Waals surface area contributed by atoms with Crippen molar-refractivity contribution in [3.8, 4) is 11.3 Å². The van der Waals surface area contributed by atoms with Crippen LogP contribution < -0.4 is 0 Å². The topological polar surface area (TPSA) is 41.4 Å². The lowest BCUT2D eigenvalue weighted by molar-refractivity contribution is -0.141. The molecule has 0 aliphatic carbocycles. The Hall–Kier alpha value is -1.85. The summed E-state index contributed by atoms with van der Waals surface area (Å²) in [6.07, 6.45) is 2.04. The number of aromatic nitrogens is 2. The van der Waals surface area contributed by atoms with E-state index >= 15 is 0 Å². The van der Waals surface area contributed by atoms with E-state index in [2.05, 4.69) is 23.8 Å². The summed E-state index contributed by atoms with van der Waals surface area (Å²) in [7, 11) is 1.92. The lowest BCUT2D eigenvalue weighted by Gasteiger charge is -2.39. The number of piperazine rings is 1. The smallest absolute Gasteiger partial charge is 0.239 e. The first-order valence-electron chi connectivity index (χ1n) is 9.16. The number of carbonyl (C=O) groups excluding carboxylic acids is 1. The van der Waals surface area contributed by atoms with Crippen molar-refractivity contribution >= 4 is 17.5 Å². The molecule has 1 atom stereocenters. The molecule has 1 amide bonds. The van der Waals surface area contributed by atoms with Gasteiger partial charge in [-0.3, -0.25) is 14.4 Å². The van der Waals surface area contributed by atoms with E-state index in [1.54, 1.807) is 0 Å². The van der Waals surface area contributed by atoms with Crippen molar-refractivity contribution in [2.45, 2.75) is 33.4 Å². The van der Waals surface area contributed by atoms with Crippen molar-refractivity contribution in [1.82, 2.24) is 19.6 Å². The first-order valence-corrected chi connectivity index (χ1v) is 9.54. The molecule has 2 heterocycles. The molecule has 0 bridgehead atoms. The molecular weight excluding hydrogens is 348 g/mol. The highest BCUT2D eigenvalue weighted by atomic mass is 35.5. The SMILES string of the molecule is CC(C)CN1CCN(Cc2cn(C)nc2-c2cccc(Cl)c2)[C@@H](C)C1=O. The number of amides is 1. The monoisotopic (exact) mass is 374 g/mol. The third-order valence-electron chi connectivity index (χ3n) is 4.84. The summed E-state index contributed by atoms with van der Waals surface area (Å²) in [6.45, 7) is 9.51. The van der Waals surface area contributed by atoms with E-state index in [1.165, 1.54) is 0 Å². The molecule has 5 nitrogen and oxygen atoms in total. The molecule has 1 aliphatic rings.